The van der Waals surface area contributed by atoms with Crippen molar-refractivity contribution >= 4 is 5.69 Å². The Morgan fingerprint density at radius 1 is 1.19 bits per heavy atom. The first-order valence-corrected chi connectivity index (χ1v) is 8.29. The van der Waals surface area contributed by atoms with Gasteiger partial charge in [0.1, 0.15) is 0 Å². The average Bonchev–Trinajstić information content (AvgIpc) is 2.53. The molecule has 0 spiro atoms. The Bertz CT molecular complexity index is 396. The lowest BCUT2D eigenvalue weighted by Gasteiger charge is -2.27. The van der Waals surface area contributed by atoms with E-state index in [2.05, 4.69) is 43.4 Å². The van der Waals surface area contributed by atoms with Crippen LogP contribution in [0.15, 0.2) is 24.3 Å². The summed E-state index contributed by atoms with van der Waals surface area (Å²) in [6, 6.07) is 8.37. The van der Waals surface area contributed by atoms with Crippen LogP contribution in [-0.2, 0) is 11.2 Å². The van der Waals surface area contributed by atoms with E-state index < -0.39 is 6.10 Å². The lowest BCUT2D eigenvalue weighted by molar-refractivity contribution is -0.0245. The molecule has 0 amide bonds. The van der Waals surface area contributed by atoms with Crippen molar-refractivity contribution in [3.05, 3.63) is 29.8 Å². The number of nitrogens with one attached hydrogen (secondary N) is 1. The summed E-state index contributed by atoms with van der Waals surface area (Å²) in [6.07, 6.45) is 5.73. The normalized spacial score (nSPS) is 23.8. The Hall–Kier alpha value is -1.06. The summed E-state index contributed by atoms with van der Waals surface area (Å²) >= 11 is 0. The van der Waals surface area contributed by atoms with Gasteiger partial charge in [0.2, 0.25) is 0 Å². The monoisotopic (exact) mass is 291 g/mol. The van der Waals surface area contributed by atoms with Crippen molar-refractivity contribution in [2.24, 2.45) is 5.92 Å². The standard InChI is InChI=1S/C18H29NO2/c1-3-15-6-8-16(9-7-15)19-12-17(20)13-21-18-10-4-14(2)5-11-18/h6-9,14,17-20H,3-5,10-13H2,1-2H3. The van der Waals surface area contributed by atoms with Gasteiger partial charge in [0.05, 0.1) is 18.8 Å². The number of benzene rings is 1. The van der Waals surface area contributed by atoms with E-state index in [1.54, 1.807) is 0 Å². The fraction of sp³-hybridized carbons (Fsp3) is 0.667. The van der Waals surface area contributed by atoms with E-state index in [9.17, 15) is 5.11 Å². The zero-order valence-corrected chi connectivity index (χ0v) is 13.3. The molecule has 1 unspecified atom stereocenters. The number of hydrogen-bond acceptors (Lipinski definition) is 3. The van der Waals surface area contributed by atoms with Gasteiger partial charge >= 0.3 is 0 Å². The Kier molecular flexibility index (Phi) is 6.52. The topological polar surface area (TPSA) is 41.5 Å². The highest BCUT2D eigenvalue weighted by molar-refractivity contribution is 5.44. The van der Waals surface area contributed by atoms with Crippen molar-refractivity contribution in [1.29, 1.82) is 0 Å². The maximum absolute atomic E-state index is 10.0. The molecule has 1 atom stereocenters. The second-order valence-corrected chi connectivity index (χ2v) is 6.30. The minimum Gasteiger partial charge on any atom is -0.389 e. The molecule has 0 heterocycles. The van der Waals surface area contributed by atoms with E-state index >= 15 is 0 Å². The first-order valence-electron chi connectivity index (χ1n) is 8.29. The zero-order chi connectivity index (χ0) is 15.1. The van der Waals surface area contributed by atoms with Crippen molar-refractivity contribution in [2.45, 2.75) is 58.2 Å². The van der Waals surface area contributed by atoms with Crippen LogP contribution in [0.1, 0.15) is 45.1 Å². The Balaban J connectivity index is 1.63. The molecular weight excluding hydrogens is 262 g/mol. The predicted octanol–water partition coefficient (Wildman–Crippen LogP) is 3.62. The molecule has 1 aromatic carbocycles. The van der Waals surface area contributed by atoms with Crippen LogP contribution in [0.4, 0.5) is 5.69 Å². The van der Waals surface area contributed by atoms with Gasteiger partial charge < -0.3 is 15.2 Å². The average molecular weight is 291 g/mol. The number of aliphatic hydroxyl groups excluding tert-OH is 1. The van der Waals surface area contributed by atoms with Gasteiger partial charge in [-0.15, -0.1) is 0 Å². The Morgan fingerprint density at radius 2 is 1.86 bits per heavy atom. The molecule has 0 radical (unpaired) electrons. The zero-order valence-electron chi connectivity index (χ0n) is 13.3. The van der Waals surface area contributed by atoms with Crippen molar-refractivity contribution in [1.82, 2.24) is 0 Å². The molecule has 1 aromatic rings. The highest BCUT2D eigenvalue weighted by Crippen LogP contribution is 2.25. The van der Waals surface area contributed by atoms with E-state index in [1.165, 1.54) is 18.4 Å². The third kappa shape index (κ3) is 5.68. The first kappa shape index (κ1) is 16.3. The van der Waals surface area contributed by atoms with Gasteiger partial charge in [0, 0.05) is 12.2 Å². The van der Waals surface area contributed by atoms with E-state index in [-0.39, 0.29) is 0 Å². The first-order chi connectivity index (χ1) is 10.2. The quantitative estimate of drug-likeness (QED) is 0.806. The van der Waals surface area contributed by atoms with Crippen LogP contribution in [-0.4, -0.2) is 30.5 Å². The van der Waals surface area contributed by atoms with Crippen LogP contribution < -0.4 is 5.32 Å². The Morgan fingerprint density at radius 3 is 2.48 bits per heavy atom. The molecular formula is C18H29NO2. The molecule has 2 N–H and O–H groups in total. The maximum atomic E-state index is 10.0. The minimum absolute atomic E-state index is 0.347. The number of rotatable bonds is 7. The van der Waals surface area contributed by atoms with Gasteiger partial charge in [-0.1, -0.05) is 26.0 Å². The van der Waals surface area contributed by atoms with E-state index in [4.69, 9.17) is 4.74 Å². The molecule has 118 valence electrons. The van der Waals surface area contributed by atoms with Crippen LogP contribution in [0.25, 0.3) is 0 Å². The second kappa shape index (κ2) is 8.40. The predicted molar refractivity (Wildman–Crippen MR) is 87.7 cm³/mol. The number of ether oxygens (including phenoxy) is 1. The second-order valence-electron chi connectivity index (χ2n) is 6.30. The summed E-state index contributed by atoms with van der Waals surface area (Å²) in [4.78, 5) is 0. The van der Waals surface area contributed by atoms with Crippen LogP contribution in [0.3, 0.4) is 0 Å². The van der Waals surface area contributed by atoms with Gasteiger partial charge in [-0.05, 0) is 55.7 Å². The molecule has 2 rings (SSSR count). The molecule has 0 aromatic heterocycles. The van der Waals surface area contributed by atoms with Crippen molar-refractivity contribution in [3.63, 3.8) is 0 Å². The lowest BCUT2D eigenvalue weighted by atomic mass is 9.89. The summed E-state index contributed by atoms with van der Waals surface area (Å²) in [6.45, 7) is 5.42. The summed E-state index contributed by atoms with van der Waals surface area (Å²) in [5.74, 6) is 0.836. The molecule has 3 heteroatoms. The van der Waals surface area contributed by atoms with Crippen LogP contribution in [0.2, 0.25) is 0 Å². The maximum Gasteiger partial charge on any atom is 0.0945 e. The number of aryl methyl sites for hydroxylation is 1. The molecule has 0 aliphatic heterocycles. The van der Waals surface area contributed by atoms with Gasteiger partial charge in [-0.25, -0.2) is 0 Å². The van der Waals surface area contributed by atoms with E-state index in [0.29, 0.717) is 19.3 Å². The number of anilines is 1. The lowest BCUT2D eigenvalue weighted by Crippen LogP contribution is -2.29. The molecule has 0 bridgehead atoms. The summed E-state index contributed by atoms with van der Waals surface area (Å²) in [7, 11) is 0. The number of aliphatic hydroxyl groups is 1. The molecule has 3 nitrogen and oxygen atoms in total. The van der Waals surface area contributed by atoms with E-state index in [0.717, 1.165) is 30.9 Å². The highest BCUT2D eigenvalue weighted by Gasteiger charge is 2.19. The summed E-state index contributed by atoms with van der Waals surface area (Å²) < 4.78 is 5.83. The van der Waals surface area contributed by atoms with Gasteiger partial charge in [-0.3, -0.25) is 0 Å². The van der Waals surface area contributed by atoms with Gasteiger partial charge in [0.25, 0.3) is 0 Å². The van der Waals surface area contributed by atoms with Gasteiger partial charge in [-0.2, -0.15) is 0 Å². The fourth-order valence-corrected chi connectivity index (χ4v) is 2.80. The molecule has 0 saturated heterocycles. The van der Waals surface area contributed by atoms with Crippen molar-refractivity contribution in [2.75, 3.05) is 18.5 Å². The summed E-state index contributed by atoms with van der Waals surface area (Å²) in [5, 5.41) is 13.3. The Labute approximate surface area is 128 Å². The molecule has 1 fully saturated rings. The van der Waals surface area contributed by atoms with E-state index in [1.807, 2.05) is 0 Å². The minimum atomic E-state index is -0.449. The van der Waals surface area contributed by atoms with Crippen LogP contribution in [0.5, 0.6) is 0 Å². The van der Waals surface area contributed by atoms with Crippen molar-refractivity contribution < 1.29 is 9.84 Å². The molecule has 1 saturated carbocycles. The largest absolute Gasteiger partial charge is 0.389 e. The molecule has 21 heavy (non-hydrogen) atoms. The SMILES string of the molecule is CCc1ccc(NCC(O)COC2CCC(C)CC2)cc1. The third-order valence-electron chi connectivity index (χ3n) is 4.39. The molecule has 1 aliphatic carbocycles. The molecule has 1 aliphatic rings. The third-order valence-corrected chi connectivity index (χ3v) is 4.39. The summed E-state index contributed by atoms with van der Waals surface area (Å²) in [5.41, 5.74) is 2.38. The fourth-order valence-electron chi connectivity index (χ4n) is 2.80. The number of hydrogen-bond donors (Lipinski definition) is 2. The van der Waals surface area contributed by atoms with Crippen LogP contribution in [0, 0.1) is 5.92 Å². The van der Waals surface area contributed by atoms with Crippen molar-refractivity contribution in [3.8, 4) is 0 Å². The highest BCUT2D eigenvalue weighted by atomic mass is 16.5. The van der Waals surface area contributed by atoms with Gasteiger partial charge in [0.15, 0.2) is 0 Å². The van der Waals surface area contributed by atoms with Crippen LogP contribution >= 0.6 is 0 Å². The smallest absolute Gasteiger partial charge is 0.0945 e.